The highest BCUT2D eigenvalue weighted by atomic mass is 28.4. The standard InChI is InChI=1S/C15H34O2Si.C6H14O2/c1-5-12-18(13-6-2,14-7-3)17-11-9-10-15(16)8-4;1-2-6(8)4-3-5-7/h15-16H,5-14H2,1-4H3;6-8H,2-5H2,1H3. The second-order valence-corrected chi connectivity index (χ2v) is 11.6. The fourth-order valence-corrected chi connectivity index (χ4v) is 7.80. The van der Waals surface area contributed by atoms with Crippen LogP contribution in [0.1, 0.15) is 92.4 Å². The lowest BCUT2D eigenvalue weighted by Crippen LogP contribution is -2.38. The van der Waals surface area contributed by atoms with Crippen molar-refractivity contribution in [2.75, 3.05) is 13.2 Å². The van der Waals surface area contributed by atoms with Gasteiger partial charge in [0, 0.05) is 13.2 Å². The van der Waals surface area contributed by atoms with Gasteiger partial charge in [-0.25, -0.2) is 0 Å². The maximum absolute atomic E-state index is 9.55. The van der Waals surface area contributed by atoms with Crippen LogP contribution < -0.4 is 0 Å². The van der Waals surface area contributed by atoms with E-state index in [0.717, 1.165) is 45.1 Å². The molecule has 26 heavy (non-hydrogen) atoms. The van der Waals surface area contributed by atoms with Crippen LogP contribution in [0.4, 0.5) is 0 Å². The van der Waals surface area contributed by atoms with Gasteiger partial charge in [-0.15, -0.1) is 0 Å². The molecule has 3 N–H and O–H groups in total. The molecule has 0 amide bonds. The van der Waals surface area contributed by atoms with E-state index in [4.69, 9.17) is 14.6 Å². The minimum absolute atomic E-state index is 0.131. The van der Waals surface area contributed by atoms with Gasteiger partial charge < -0.3 is 19.7 Å². The summed E-state index contributed by atoms with van der Waals surface area (Å²) in [6.07, 6.45) is 8.43. The molecule has 160 valence electrons. The van der Waals surface area contributed by atoms with Gasteiger partial charge in [-0.2, -0.15) is 0 Å². The first-order valence-electron chi connectivity index (χ1n) is 11.1. The summed E-state index contributed by atoms with van der Waals surface area (Å²) in [6, 6.07) is 3.93. The normalized spacial score (nSPS) is 13.8. The quantitative estimate of drug-likeness (QED) is 0.247. The largest absolute Gasteiger partial charge is 0.417 e. The third-order valence-electron chi connectivity index (χ3n) is 4.84. The van der Waals surface area contributed by atoms with Crippen LogP contribution in [0.2, 0.25) is 18.1 Å². The molecule has 4 nitrogen and oxygen atoms in total. The molecular formula is C21H48O4Si. The molecule has 0 spiro atoms. The Morgan fingerprint density at radius 3 is 1.50 bits per heavy atom. The van der Waals surface area contributed by atoms with Crippen molar-refractivity contribution >= 4 is 8.32 Å². The highest BCUT2D eigenvalue weighted by Gasteiger charge is 2.31. The molecule has 0 aromatic carbocycles. The summed E-state index contributed by atoms with van der Waals surface area (Å²) in [7, 11) is -1.46. The van der Waals surface area contributed by atoms with Crippen LogP contribution in [0.3, 0.4) is 0 Å². The second-order valence-electron chi connectivity index (χ2n) is 7.41. The molecule has 0 heterocycles. The maximum atomic E-state index is 9.55. The van der Waals surface area contributed by atoms with Gasteiger partial charge in [0.25, 0.3) is 0 Å². The summed E-state index contributed by atoms with van der Waals surface area (Å²) in [6.45, 7) is 11.9. The molecule has 0 radical (unpaired) electrons. The fourth-order valence-electron chi connectivity index (χ4n) is 3.30. The Morgan fingerprint density at radius 2 is 1.15 bits per heavy atom. The molecule has 0 rings (SSSR count). The van der Waals surface area contributed by atoms with Crippen LogP contribution in [-0.4, -0.2) is 49.1 Å². The highest BCUT2D eigenvalue weighted by molar-refractivity contribution is 6.73. The lowest BCUT2D eigenvalue weighted by atomic mass is 10.2. The van der Waals surface area contributed by atoms with Crippen LogP contribution in [0.5, 0.6) is 0 Å². The number of aliphatic hydroxyl groups is 3. The molecule has 0 aliphatic carbocycles. The fraction of sp³-hybridized carbons (Fsp3) is 1.00. The molecule has 0 bridgehead atoms. The van der Waals surface area contributed by atoms with Gasteiger partial charge >= 0.3 is 0 Å². The summed E-state index contributed by atoms with van der Waals surface area (Å²) in [4.78, 5) is 0. The third kappa shape index (κ3) is 16.2. The van der Waals surface area contributed by atoms with Crippen molar-refractivity contribution in [2.45, 2.75) is 123 Å². The molecule has 0 aliphatic heterocycles. The summed E-state index contributed by atoms with van der Waals surface area (Å²) in [5, 5.41) is 26.7. The smallest absolute Gasteiger partial charge is 0.192 e. The van der Waals surface area contributed by atoms with E-state index in [1.807, 2.05) is 13.8 Å². The van der Waals surface area contributed by atoms with Gasteiger partial charge in [-0.1, -0.05) is 53.9 Å². The summed E-state index contributed by atoms with van der Waals surface area (Å²) in [5.74, 6) is 0. The van der Waals surface area contributed by atoms with E-state index in [9.17, 15) is 5.11 Å². The van der Waals surface area contributed by atoms with Gasteiger partial charge in [0.1, 0.15) is 0 Å². The summed E-state index contributed by atoms with van der Waals surface area (Å²) in [5.41, 5.74) is 0. The Balaban J connectivity index is 0. The number of aliphatic hydroxyl groups excluding tert-OH is 3. The predicted molar refractivity (Wildman–Crippen MR) is 115 cm³/mol. The average molecular weight is 393 g/mol. The molecule has 2 unspecified atom stereocenters. The number of hydrogen-bond donors (Lipinski definition) is 3. The first kappa shape index (κ1) is 28.3. The summed E-state index contributed by atoms with van der Waals surface area (Å²) < 4.78 is 6.37. The Morgan fingerprint density at radius 1 is 0.731 bits per heavy atom. The summed E-state index contributed by atoms with van der Waals surface area (Å²) >= 11 is 0. The van der Waals surface area contributed by atoms with E-state index >= 15 is 0 Å². The molecule has 0 aromatic rings. The molecular weight excluding hydrogens is 344 g/mol. The van der Waals surface area contributed by atoms with Crippen LogP contribution in [0.25, 0.3) is 0 Å². The minimum Gasteiger partial charge on any atom is -0.417 e. The van der Waals surface area contributed by atoms with Crippen molar-refractivity contribution in [3.8, 4) is 0 Å². The Kier molecular flexibility index (Phi) is 21.5. The van der Waals surface area contributed by atoms with E-state index < -0.39 is 8.32 Å². The number of rotatable bonds is 16. The molecule has 0 aliphatic rings. The zero-order valence-electron chi connectivity index (χ0n) is 18.3. The van der Waals surface area contributed by atoms with E-state index in [-0.39, 0.29) is 18.8 Å². The van der Waals surface area contributed by atoms with Gasteiger partial charge in [0.2, 0.25) is 0 Å². The predicted octanol–water partition coefficient (Wildman–Crippen LogP) is 5.26. The Labute approximate surface area is 164 Å². The van der Waals surface area contributed by atoms with Crippen molar-refractivity contribution < 1.29 is 19.7 Å². The van der Waals surface area contributed by atoms with E-state index in [2.05, 4.69) is 20.8 Å². The zero-order valence-corrected chi connectivity index (χ0v) is 19.3. The third-order valence-corrected chi connectivity index (χ3v) is 9.89. The van der Waals surface area contributed by atoms with E-state index in [1.165, 1.54) is 37.4 Å². The van der Waals surface area contributed by atoms with Crippen molar-refractivity contribution in [3.63, 3.8) is 0 Å². The van der Waals surface area contributed by atoms with Crippen molar-refractivity contribution in [1.29, 1.82) is 0 Å². The molecule has 5 heteroatoms. The zero-order chi connectivity index (χ0) is 20.3. The first-order chi connectivity index (χ1) is 12.4. The van der Waals surface area contributed by atoms with Crippen molar-refractivity contribution in [1.82, 2.24) is 0 Å². The van der Waals surface area contributed by atoms with Crippen molar-refractivity contribution in [3.05, 3.63) is 0 Å². The Hall–Kier alpha value is 0.0569. The van der Waals surface area contributed by atoms with Gasteiger partial charge in [0.15, 0.2) is 8.32 Å². The monoisotopic (exact) mass is 392 g/mol. The molecule has 2 atom stereocenters. The number of hydrogen-bond acceptors (Lipinski definition) is 4. The van der Waals surface area contributed by atoms with Gasteiger partial charge in [-0.05, 0) is 56.7 Å². The van der Waals surface area contributed by atoms with E-state index in [0.29, 0.717) is 0 Å². The highest BCUT2D eigenvalue weighted by Crippen LogP contribution is 2.27. The van der Waals surface area contributed by atoms with Crippen LogP contribution in [0, 0.1) is 0 Å². The van der Waals surface area contributed by atoms with Crippen LogP contribution >= 0.6 is 0 Å². The van der Waals surface area contributed by atoms with Crippen LogP contribution in [0.15, 0.2) is 0 Å². The topological polar surface area (TPSA) is 69.9 Å². The molecule has 0 saturated heterocycles. The SMILES string of the molecule is CCC(O)CCCO.CCC[Si](CCC)(CCC)OCCCC(O)CC. The van der Waals surface area contributed by atoms with E-state index in [1.54, 1.807) is 0 Å². The van der Waals surface area contributed by atoms with Gasteiger partial charge in [-0.3, -0.25) is 0 Å². The van der Waals surface area contributed by atoms with Crippen molar-refractivity contribution in [2.24, 2.45) is 0 Å². The molecule has 0 aromatic heterocycles. The second kappa shape index (κ2) is 19.8. The average Bonchev–Trinajstić information content (AvgIpc) is 2.64. The van der Waals surface area contributed by atoms with Gasteiger partial charge in [0.05, 0.1) is 12.2 Å². The molecule has 0 fully saturated rings. The molecule has 0 saturated carbocycles. The minimum atomic E-state index is -1.46. The Bertz CT molecular complexity index is 260. The lowest BCUT2D eigenvalue weighted by Gasteiger charge is -2.31. The van der Waals surface area contributed by atoms with Crippen LogP contribution in [-0.2, 0) is 4.43 Å². The maximum Gasteiger partial charge on any atom is 0.192 e. The first-order valence-corrected chi connectivity index (χ1v) is 13.6. The lowest BCUT2D eigenvalue weighted by molar-refractivity contribution is 0.146.